The summed E-state index contributed by atoms with van der Waals surface area (Å²) in [4.78, 5) is 21.8. The molecule has 1 aromatic rings. The molecule has 5 aliphatic rings. The minimum Gasteiger partial charge on any atom is -0.474 e. The Morgan fingerprint density at radius 2 is 1.97 bits per heavy atom. The van der Waals surface area contributed by atoms with Crippen molar-refractivity contribution < 1.29 is 19.4 Å². The minimum absolute atomic E-state index is 0.108. The second-order valence-electron chi connectivity index (χ2n) is 9.90. The first-order valence-corrected chi connectivity index (χ1v) is 11.1. The Hall–Kier alpha value is -1.89. The van der Waals surface area contributed by atoms with Crippen molar-refractivity contribution >= 4 is 5.91 Å². The van der Waals surface area contributed by atoms with Gasteiger partial charge in [-0.05, 0) is 83.0 Å². The van der Waals surface area contributed by atoms with Crippen LogP contribution in [0.4, 0.5) is 0 Å². The average Bonchev–Trinajstić information content (AvgIpc) is 2.59. The highest BCUT2D eigenvalue weighted by atomic mass is 16.5. The topological polar surface area (TPSA) is 93.6 Å². The van der Waals surface area contributed by atoms with Gasteiger partial charge in [0.25, 0.3) is 5.91 Å². The summed E-state index contributed by atoms with van der Waals surface area (Å²) in [5, 5.41) is 14.0. The number of aromatic nitrogens is 2. The third-order valence-corrected chi connectivity index (χ3v) is 7.19. The number of aliphatic hydroxyl groups is 1. The average molecular weight is 402 g/mol. The maximum absolute atomic E-state index is 13.1. The molecule has 158 valence electrons. The molecule has 1 aromatic heterocycles. The summed E-state index contributed by atoms with van der Waals surface area (Å²) in [6.45, 7) is 3.82. The fourth-order valence-corrected chi connectivity index (χ4v) is 5.96. The van der Waals surface area contributed by atoms with Gasteiger partial charge in [0.15, 0.2) is 0 Å². The zero-order valence-corrected chi connectivity index (χ0v) is 17.3. The zero-order valence-electron chi connectivity index (χ0n) is 17.3. The van der Waals surface area contributed by atoms with Gasteiger partial charge in [0.05, 0.1) is 17.9 Å². The Morgan fingerprint density at radius 1 is 1.24 bits per heavy atom. The third kappa shape index (κ3) is 3.69. The maximum atomic E-state index is 13.1. The van der Waals surface area contributed by atoms with Crippen LogP contribution in [0.25, 0.3) is 0 Å². The molecule has 5 saturated carbocycles. The van der Waals surface area contributed by atoms with Crippen LogP contribution in [0, 0.1) is 17.8 Å². The smallest absolute Gasteiger partial charge is 0.319 e. The van der Waals surface area contributed by atoms with E-state index in [0.29, 0.717) is 23.3 Å². The van der Waals surface area contributed by atoms with Crippen molar-refractivity contribution in [2.75, 3.05) is 0 Å². The number of hydrogen-bond acceptors (Lipinski definition) is 6. The van der Waals surface area contributed by atoms with Crippen LogP contribution < -0.4 is 14.8 Å². The molecule has 0 aliphatic heterocycles. The van der Waals surface area contributed by atoms with Gasteiger partial charge in [0, 0.05) is 6.04 Å². The highest BCUT2D eigenvalue weighted by molar-refractivity contribution is 5.96. The molecule has 7 heteroatoms. The molecule has 5 fully saturated rings. The lowest BCUT2D eigenvalue weighted by Crippen LogP contribution is -2.61. The molecule has 1 heterocycles. The molecular formula is C22H31N3O4. The van der Waals surface area contributed by atoms with Gasteiger partial charge in [-0.2, -0.15) is 4.98 Å². The van der Waals surface area contributed by atoms with E-state index in [9.17, 15) is 9.90 Å². The van der Waals surface area contributed by atoms with E-state index in [-0.39, 0.29) is 36.0 Å². The standard InChI is InChI=1S/C22H31N3O4/c1-12(2)28-20-17(11-23-21(25-20)29-16-4-3-5-16)19(26)24-18-14-6-13-7-15(18)10-22(27,8-13)9-14/h11-16,18,27H,3-10H2,1-2H3,(H,24,26). The van der Waals surface area contributed by atoms with Crippen molar-refractivity contribution in [3.8, 4) is 11.9 Å². The van der Waals surface area contributed by atoms with E-state index in [0.717, 1.165) is 44.9 Å². The maximum Gasteiger partial charge on any atom is 0.319 e. The van der Waals surface area contributed by atoms with Crippen molar-refractivity contribution in [1.29, 1.82) is 0 Å². The van der Waals surface area contributed by atoms with Crippen molar-refractivity contribution in [3.63, 3.8) is 0 Å². The van der Waals surface area contributed by atoms with Crippen LogP contribution in [-0.4, -0.2) is 44.8 Å². The van der Waals surface area contributed by atoms with Gasteiger partial charge in [-0.1, -0.05) is 0 Å². The second-order valence-corrected chi connectivity index (χ2v) is 9.90. The number of nitrogens with one attached hydrogen (secondary N) is 1. The number of hydrogen-bond donors (Lipinski definition) is 2. The van der Waals surface area contributed by atoms with Crippen molar-refractivity contribution in [2.24, 2.45) is 17.8 Å². The number of amides is 1. The van der Waals surface area contributed by atoms with Gasteiger partial charge in [0.2, 0.25) is 5.88 Å². The zero-order chi connectivity index (χ0) is 20.2. The van der Waals surface area contributed by atoms with Crippen LogP contribution >= 0.6 is 0 Å². The number of ether oxygens (including phenoxy) is 2. The summed E-state index contributed by atoms with van der Waals surface area (Å²) in [5.41, 5.74) is -0.153. The van der Waals surface area contributed by atoms with Crippen LogP contribution in [0.5, 0.6) is 11.9 Å². The predicted octanol–water partition coefficient (Wildman–Crippen LogP) is 2.86. The molecule has 0 aromatic carbocycles. The lowest BCUT2D eigenvalue weighted by Gasteiger charge is -2.58. The number of rotatable bonds is 6. The molecule has 0 spiro atoms. The van der Waals surface area contributed by atoms with Crippen LogP contribution in [0.3, 0.4) is 0 Å². The second kappa shape index (κ2) is 7.11. The summed E-state index contributed by atoms with van der Waals surface area (Å²) in [7, 11) is 0. The largest absolute Gasteiger partial charge is 0.474 e. The number of carbonyl (C=O) groups is 1. The highest BCUT2D eigenvalue weighted by Crippen LogP contribution is 2.55. The van der Waals surface area contributed by atoms with Crippen molar-refractivity contribution in [2.45, 2.75) is 89.1 Å². The van der Waals surface area contributed by atoms with Gasteiger partial charge in [-0.3, -0.25) is 4.79 Å². The summed E-state index contributed by atoms with van der Waals surface area (Å²) in [5.74, 6) is 1.40. The normalized spacial score (nSPS) is 35.4. The Morgan fingerprint density at radius 3 is 2.55 bits per heavy atom. The molecule has 2 unspecified atom stereocenters. The molecule has 0 saturated heterocycles. The minimum atomic E-state index is -0.507. The van der Waals surface area contributed by atoms with E-state index in [1.807, 2.05) is 13.8 Å². The monoisotopic (exact) mass is 401 g/mol. The molecule has 1 amide bonds. The van der Waals surface area contributed by atoms with E-state index in [4.69, 9.17) is 9.47 Å². The van der Waals surface area contributed by atoms with Crippen LogP contribution in [0.1, 0.15) is 75.6 Å². The molecular weight excluding hydrogens is 370 g/mol. The number of carbonyl (C=O) groups excluding carboxylic acids is 1. The van der Waals surface area contributed by atoms with Crippen LogP contribution in [-0.2, 0) is 0 Å². The summed E-state index contributed by atoms with van der Waals surface area (Å²) in [6.07, 6.45) is 9.52. The molecule has 0 radical (unpaired) electrons. The molecule has 29 heavy (non-hydrogen) atoms. The van der Waals surface area contributed by atoms with E-state index < -0.39 is 5.60 Å². The van der Waals surface area contributed by atoms with Gasteiger partial charge < -0.3 is 19.9 Å². The summed E-state index contributed by atoms with van der Waals surface area (Å²) < 4.78 is 11.6. The molecule has 7 nitrogen and oxygen atoms in total. The quantitative estimate of drug-likeness (QED) is 0.761. The molecule has 5 aliphatic carbocycles. The summed E-state index contributed by atoms with van der Waals surface area (Å²) >= 11 is 0. The first kappa shape index (κ1) is 19.1. The predicted molar refractivity (Wildman–Crippen MR) is 106 cm³/mol. The Balaban J connectivity index is 1.33. The van der Waals surface area contributed by atoms with Gasteiger partial charge in [-0.15, -0.1) is 0 Å². The molecule has 6 rings (SSSR count). The first-order valence-electron chi connectivity index (χ1n) is 11.1. The van der Waals surface area contributed by atoms with E-state index in [1.54, 1.807) is 0 Å². The van der Waals surface area contributed by atoms with E-state index in [2.05, 4.69) is 15.3 Å². The lowest BCUT2D eigenvalue weighted by molar-refractivity contribution is -0.136. The SMILES string of the molecule is CC(C)Oc1nc(OC2CCC2)ncc1C(=O)NC1C2CC3CC1CC(O)(C3)C2. The summed E-state index contributed by atoms with van der Waals surface area (Å²) in [6, 6.07) is 0.385. The van der Waals surface area contributed by atoms with Crippen molar-refractivity contribution in [1.82, 2.24) is 15.3 Å². The fraction of sp³-hybridized carbons (Fsp3) is 0.773. The first-order chi connectivity index (χ1) is 13.9. The van der Waals surface area contributed by atoms with Gasteiger partial charge >= 0.3 is 6.01 Å². The van der Waals surface area contributed by atoms with E-state index in [1.165, 1.54) is 12.6 Å². The van der Waals surface area contributed by atoms with Gasteiger partial charge in [-0.25, -0.2) is 4.98 Å². The van der Waals surface area contributed by atoms with Crippen LogP contribution in [0.2, 0.25) is 0 Å². The third-order valence-electron chi connectivity index (χ3n) is 7.19. The molecule has 4 bridgehead atoms. The Kier molecular flexibility index (Phi) is 4.68. The fourth-order valence-electron chi connectivity index (χ4n) is 5.96. The Bertz CT molecular complexity index is 778. The van der Waals surface area contributed by atoms with Crippen LogP contribution in [0.15, 0.2) is 6.20 Å². The van der Waals surface area contributed by atoms with Gasteiger partial charge in [0.1, 0.15) is 11.7 Å². The van der Waals surface area contributed by atoms with E-state index >= 15 is 0 Å². The Labute approximate surface area is 171 Å². The highest BCUT2D eigenvalue weighted by Gasteiger charge is 2.55. The lowest BCUT2D eigenvalue weighted by atomic mass is 9.52. The van der Waals surface area contributed by atoms with Crippen molar-refractivity contribution in [3.05, 3.63) is 11.8 Å². The molecule has 2 N–H and O–H groups in total. The molecule has 2 atom stereocenters. The number of nitrogens with zero attached hydrogens (tertiary/aromatic N) is 2.